The number of benzene rings is 1. The van der Waals surface area contributed by atoms with E-state index >= 15 is 0 Å². The van der Waals surface area contributed by atoms with Gasteiger partial charge in [0.25, 0.3) is 11.8 Å². The molecule has 33 heavy (non-hydrogen) atoms. The van der Waals surface area contributed by atoms with Gasteiger partial charge in [0.15, 0.2) is 11.4 Å². The molecule has 2 aliphatic carbocycles. The van der Waals surface area contributed by atoms with Gasteiger partial charge in [-0.3, -0.25) is 14.4 Å². The van der Waals surface area contributed by atoms with Gasteiger partial charge in [0.05, 0.1) is 6.04 Å². The topological polar surface area (TPSA) is 91.6 Å². The lowest BCUT2D eigenvalue weighted by molar-refractivity contribution is -0.0238. The molecule has 2 bridgehead atoms. The summed E-state index contributed by atoms with van der Waals surface area (Å²) >= 11 is 0. The van der Waals surface area contributed by atoms with Crippen molar-refractivity contribution in [2.75, 3.05) is 0 Å². The van der Waals surface area contributed by atoms with Crippen molar-refractivity contribution in [3.63, 3.8) is 0 Å². The van der Waals surface area contributed by atoms with Crippen LogP contribution in [0.4, 0.5) is 8.78 Å². The second-order valence-corrected chi connectivity index (χ2v) is 9.76. The Bertz CT molecular complexity index is 1270. The molecule has 7 nitrogen and oxygen atoms in total. The van der Waals surface area contributed by atoms with Crippen molar-refractivity contribution in [2.24, 2.45) is 17.8 Å². The number of nitrogens with one attached hydrogen (secondary N) is 1. The molecule has 0 spiro atoms. The van der Waals surface area contributed by atoms with Gasteiger partial charge in [-0.1, -0.05) is 0 Å². The van der Waals surface area contributed by atoms with Crippen molar-refractivity contribution < 1.29 is 23.5 Å². The Labute approximate surface area is 188 Å². The molecular formula is C24H23F2N3O4. The molecule has 2 saturated heterocycles. The number of amides is 2. The lowest BCUT2D eigenvalue weighted by atomic mass is 9.73. The number of fused-ring (bicyclic) bond motifs is 2. The summed E-state index contributed by atoms with van der Waals surface area (Å²) in [6, 6.07) is 2.46. The number of carbonyl (C=O) groups is 2. The molecule has 2 unspecified atom stereocenters. The highest BCUT2D eigenvalue weighted by atomic mass is 19.1. The highest BCUT2D eigenvalue weighted by Crippen LogP contribution is 2.61. The number of nitrogens with zero attached hydrogens (tertiary/aromatic N) is 2. The minimum Gasteiger partial charge on any atom is -0.503 e. The van der Waals surface area contributed by atoms with Gasteiger partial charge in [-0.2, -0.15) is 0 Å². The summed E-state index contributed by atoms with van der Waals surface area (Å²) in [5.41, 5.74) is -1.34. The normalized spacial score (nSPS) is 28.8. The number of hydrogen-bond donors (Lipinski definition) is 2. The van der Waals surface area contributed by atoms with E-state index in [4.69, 9.17) is 0 Å². The molecule has 2 aromatic rings. The van der Waals surface area contributed by atoms with Gasteiger partial charge in [-0.25, -0.2) is 8.78 Å². The minimum absolute atomic E-state index is 0.0129. The number of carbonyl (C=O) groups excluding carboxylic acids is 2. The SMILES string of the molecule is Cc1cc(F)c(CNC(=O)c2cn3c(c(O)c2=O)C(=O)N2C4CCC([C@@H]5C[C@H]45)[C@@H]2C3)c(F)c1. The number of aromatic hydroxyl groups is 1. The molecule has 2 N–H and O–H groups in total. The van der Waals surface area contributed by atoms with E-state index in [0.717, 1.165) is 31.4 Å². The van der Waals surface area contributed by atoms with Crippen molar-refractivity contribution in [3.05, 3.63) is 62.6 Å². The van der Waals surface area contributed by atoms with Crippen LogP contribution in [0.5, 0.6) is 5.75 Å². The van der Waals surface area contributed by atoms with Crippen LogP contribution in [0.2, 0.25) is 0 Å². The first-order valence-corrected chi connectivity index (χ1v) is 11.3. The van der Waals surface area contributed by atoms with E-state index < -0.39 is 35.3 Å². The number of aromatic nitrogens is 1. The van der Waals surface area contributed by atoms with Gasteiger partial charge >= 0.3 is 0 Å². The molecule has 4 heterocycles. The van der Waals surface area contributed by atoms with Crippen molar-refractivity contribution in [1.82, 2.24) is 14.8 Å². The Balaban J connectivity index is 1.31. The molecule has 4 fully saturated rings. The van der Waals surface area contributed by atoms with E-state index in [1.807, 2.05) is 4.90 Å². The van der Waals surface area contributed by atoms with Crippen molar-refractivity contribution in [2.45, 2.75) is 51.4 Å². The lowest BCUT2D eigenvalue weighted by Crippen LogP contribution is -2.63. The molecule has 1 aromatic carbocycles. The molecule has 1 aromatic heterocycles. The first-order valence-electron chi connectivity index (χ1n) is 11.3. The summed E-state index contributed by atoms with van der Waals surface area (Å²) in [4.78, 5) is 40.7. The average Bonchev–Trinajstić information content (AvgIpc) is 3.57. The Morgan fingerprint density at radius 2 is 1.85 bits per heavy atom. The van der Waals surface area contributed by atoms with Gasteiger partial charge in [-0.05, 0) is 61.6 Å². The zero-order valence-electron chi connectivity index (χ0n) is 18.0. The molecular weight excluding hydrogens is 432 g/mol. The van der Waals surface area contributed by atoms with Crippen LogP contribution in [0.3, 0.4) is 0 Å². The quantitative estimate of drug-likeness (QED) is 0.743. The van der Waals surface area contributed by atoms with Crippen LogP contribution in [0.1, 0.15) is 51.2 Å². The van der Waals surface area contributed by atoms with Crippen LogP contribution in [-0.2, 0) is 13.1 Å². The largest absolute Gasteiger partial charge is 0.503 e. The van der Waals surface area contributed by atoms with Crippen LogP contribution in [-0.4, -0.2) is 38.5 Å². The maximum atomic E-state index is 14.1. The monoisotopic (exact) mass is 455 g/mol. The van der Waals surface area contributed by atoms with E-state index in [0.29, 0.717) is 29.9 Å². The fraction of sp³-hybridized carbons (Fsp3) is 0.458. The number of piperidine rings is 2. The van der Waals surface area contributed by atoms with Gasteiger partial charge in [0.2, 0.25) is 5.43 Å². The molecule has 2 amide bonds. The fourth-order valence-corrected chi connectivity index (χ4v) is 6.43. The maximum Gasteiger partial charge on any atom is 0.275 e. The minimum atomic E-state index is -0.970. The van der Waals surface area contributed by atoms with E-state index in [1.54, 1.807) is 6.92 Å². The van der Waals surface area contributed by atoms with Gasteiger partial charge in [0.1, 0.15) is 17.2 Å². The zero-order chi connectivity index (χ0) is 23.2. The van der Waals surface area contributed by atoms with E-state index in [1.165, 1.54) is 10.8 Å². The van der Waals surface area contributed by atoms with Crippen LogP contribution in [0.15, 0.2) is 23.1 Å². The summed E-state index contributed by atoms with van der Waals surface area (Å²) in [5.74, 6) is -2.03. The standard InChI is InChI=1S/C24H23F2N3O4/c1-10-4-16(25)14(17(26)5-10)7-27-23(32)15-8-28-9-19-11-2-3-18(13-6-12(11)13)29(19)24(33)20(28)22(31)21(15)30/h4-5,8,11-13,18-19,31H,2-3,6-7,9H2,1H3,(H,27,32)/t11?,12-,13-,18?,19-/m0/s1. The van der Waals surface area contributed by atoms with E-state index in [9.17, 15) is 28.3 Å². The van der Waals surface area contributed by atoms with E-state index in [-0.39, 0.29) is 34.8 Å². The molecule has 5 atom stereocenters. The van der Waals surface area contributed by atoms with Crippen LogP contribution < -0.4 is 10.7 Å². The Morgan fingerprint density at radius 1 is 1.12 bits per heavy atom. The van der Waals surface area contributed by atoms with Crippen LogP contribution in [0, 0.1) is 36.3 Å². The highest BCUT2D eigenvalue weighted by Gasteiger charge is 2.62. The number of halogens is 2. The second-order valence-electron chi connectivity index (χ2n) is 9.76. The number of aryl methyl sites for hydroxylation is 1. The molecule has 9 heteroatoms. The fourth-order valence-electron chi connectivity index (χ4n) is 6.43. The summed E-state index contributed by atoms with van der Waals surface area (Å²) in [5, 5.41) is 13.0. The summed E-state index contributed by atoms with van der Waals surface area (Å²) < 4.78 is 29.7. The zero-order valence-corrected chi connectivity index (χ0v) is 18.0. The van der Waals surface area contributed by atoms with Gasteiger partial charge < -0.3 is 19.9 Å². The molecule has 2 saturated carbocycles. The molecule has 172 valence electrons. The average molecular weight is 455 g/mol. The summed E-state index contributed by atoms with van der Waals surface area (Å²) in [6.45, 7) is 1.50. The van der Waals surface area contributed by atoms with Gasteiger partial charge in [-0.15, -0.1) is 0 Å². The van der Waals surface area contributed by atoms with Gasteiger partial charge in [0, 0.05) is 30.9 Å². The Morgan fingerprint density at radius 3 is 2.58 bits per heavy atom. The third kappa shape index (κ3) is 2.87. The number of rotatable bonds is 3. The van der Waals surface area contributed by atoms with Crippen molar-refractivity contribution in [1.29, 1.82) is 0 Å². The third-order valence-electron chi connectivity index (χ3n) is 7.97. The van der Waals surface area contributed by atoms with Crippen LogP contribution >= 0.6 is 0 Å². The van der Waals surface area contributed by atoms with Crippen LogP contribution in [0.25, 0.3) is 0 Å². The lowest BCUT2D eigenvalue weighted by Gasteiger charge is -2.53. The molecule has 7 rings (SSSR count). The number of pyridine rings is 1. The Kier molecular flexibility index (Phi) is 4.25. The highest BCUT2D eigenvalue weighted by molar-refractivity contribution is 5.99. The smallest absolute Gasteiger partial charge is 0.275 e. The number of hydrogen-bond acceptors (Lipinski definition) is 4. The van der Waals surface area contributed by atoms with Crippen molar-refractivity contribution in [3.8, 4) is 5.75 Å². The van der Waals surface area contributed by atoms with E-state index in [2.05, 4.69) is 5.32 Å². The molecule has 5 aliphatic rings. The molecule has 0 radical (unpaired) electrons. The maximum absolute atomic E-state index is 14.1. The first-order chi connectivity index (χ1) is 15.8. The summed E-state index contributed by atoms with van der Waals surface area (Å²) in [7, 11) is 0. The second kappa shape index (κ2) is 6.88. The van der Waals surface area contributed by atoms with Crippen molar-refractivity contribution >= 4 is 11.8 Å². The predicted molar refractivity (Wildman–Crippen MR) is 113 cm³/mol. The Hall–Kier alpha value is -3.23. The predicted octanol–water partition coefficient (Wildman–Crippen LogP) is 2.32. The summed E-state index contributed by atoms with van der Waals surface area (Å²) in [6.07, 6.45) is 4.42. The third-order valence-corrected chi connectivity index (χ3v) is 7.97. The molecule has 3 aliphatic heterocycles. The first kappa shape index (κ1) is 20.4.